The number of thiophene rings is 1. The Balaban J connectivity index is 0.953. The first-order valence-corrected chi connectivity index (χ1v) is 23.7. The van der Waals surface area contributed by atoms with Gasteiger partial charge in [-0.1, -0.05) is 176 Å². The smallest absolute Gasteiger partial charge is 0.161 e. The standard InChI is InChI=1S/C63H40N4S/c1-64-62(67-63(65-2)40-30-33-51-54-26-14-34-66-60(54)53-23-10-9-18-45(53)44-17-5-8-21-48(44)58(51)37-40)39-29-32-50-49-31-28-38(41-24-13-25-55-52-22-11-12-27-59(52)68-61(41)55)35-56(49)46-19-6-3-15-42(46)43-16-4-7-20-47(43)57(50)36-39/h3-37H,2H2,1H3/b43-42?,45-44?,50-49?,54-51?,56-46?,57-47?,58-48?,60-53?,64-62-,67-63-. The molecule has 0 unspecified atom stereocenters. The summed E-state index contributed by atoms with van der Waals surface area (Å²) < 4.78 is 2.61. The van der Waals surface area contributed by atoms with Crippen molar-refractivity contribution in [1.29, 1.82) is 0 Å². The lowest BCUT2D eigenvalue weighted by Crippen LogP contribution is -2.07. The van der Waals surface area contributed by atoms with Crippen LogP contribution in [0.15, 0.2) is 227 Å². The Bertz CT molecular complexity index is 3960. The molecule has 0 N–H and O–H groups in total. The van der Waals surface area contributed by atoms with Crippen LogP contribution in [0.4, 0.5) is 0 Å². The van der Waals surface area contributed by atoms with Crippen LogP contribution in [0.25, 0.3) is 120 Å². The number of amidine groups is 2. The van der Waals surface area contributed by atoms with Crippen molar-refractivity contribution in [1.82, 2.24) is 4.98 Å². The van der Waals surface area contributed by atoms with Crippen LogP contribution in [0.3, 0.4) is 0 Å². The number of rotatable bonds is 3. The molecule has 2 heterocycles. The second-order valence-corrected chi connectivity index (χ2v) is 18.3. The summed E-state index contributed by atoms with van der Waals surface area (Å²) in [5.41, 5.74) is 22.3. The molecule has 318 valence electrons. The van der Waals surface area contributed by atoms with Crippen molar-refractivity contribution in [2.45, 2.75) is 0 Å². The van der Waals surface area contributed by atoms with E-state index in [0.717, 1.165) is 72.5 Å². The van der Waals surface area contributed by atoms with Gasteiger partial charge < -0.3 is 0 Å². The minimum atomic E-state index is 0.493. The van der Waals surface area contributed by atoms with E-state index >= 15 is 0 Å². The molecular weight excluding hydrogens is 845 g/mol. The van der Waals surface area contributed by atoms with Crippen LogP contribution in [0, 0.1) is 0 Å². The third-order valence-corrected chi connectivity index (χ3v) is 14.9. The van der Waals surface area contributed by atoms with Crippen molar-refractivity contribution in [3.05, 3.63) is 224 Å². The Morgan fingerprint density at radius 1 is 0.397 bits per heavy atom. The average molecular weight is 885 g/mol. The first kappa shape index (κ1) is 39.7. The largest absolute Gasteiger partial charge is 0.270 e. The lowest BCUT2D eigenvalue weighted by atomic mass is 9.79. The highest BCUT2D eigenvalue weighted by Crippen LogP contribution is 2.51. The summed E-state index contributed by atoms with van der Waals surface area (Å²) in [6.45, 7) is 4.05. The van der Waals surface area contributed by atoms with Gasteiger partial charge in [-0.3, -0.25) is 9.98 Å². The molecule has 0 spiro atoms. The predicted octanol–water partition coefficient (Wildman–Crippen LogP) is 16.6. The first-order chi connectivity index (χ1) is 33.6. The number of aliphatic imine (C=N–C) groups is 3. The SMILES string of the molecule is C=N/C(=N\C(=N/C)c1ccc2c(c1)-c1ccccc1-c1ccccc1-c1cc(-c3cccc4c3sc3ccccc34)ccc1-2)c1ccc2c(c1)-c1ccccc1-c1ccccc1-c1ncccc1-2. The molecule has 0 bridgehead atoms. The van der Waals surface area contributed by atoms with E-state index in [1.54, 1.807) is 7.05 Å². The lowest BCUT2D eigenvalue weighted by molar-refractivity contribution is 1.32. The molecule has 0 saturated heterocycles. The molecule has 5 heteroatoms. The summed E-state index contributed by atoms with van der Waals surface area (Å²) in [5, 5.41) is 2.60. The number of fused-ring (bicyclic) bond motifs is 19. The zero-order chi connectivity index (χ0) is 45.3. The van der Waals surface area contributed by atoms with Crippen molar-refractivity contribution in [3.8, 4) is 100 Å². The lowest BCUT2D eigenvalue weighted by Gasteiger charge is -2.24. The third-order valence-electron chi connectivity index (χ3n) is 13.7. The van der Waals surface area contributed by atoms with Gasteiger partial charge in [0.05, 0.1) is 5.69 Å². The van der Waals surface area contributed by atoms with E-state index in [1.165, 1.54) is 59.1 Å². The molecule has 68 heavy (non-hydrogen) atoms. The summed E-state index contributed by atoms with van der Waals surface area (Å²) in [7, 11) is 1.80. The fraction of sp³-hybridized carbons (Fsp3) is 0.0159. The van der Waals surface area contributed by atoms with Crippen molar-refractivity contribution >= 4 is 49.9 Å². The van der Waals surface area contributed by atoms with Gasteiger partial charge in [0.15, 0.2) is 11.7 Å². The highest BCUT2D eigenvalue weighted by molar-refractivity contribution is 7.26. The molecule has 11 aromatic rings. The zero-order valence-corrected chi connectivity index (χ0v) is 37.9. The molecule has 2 aromatic heterocycles. The molecule has 0 fully saturated rings. The van der Waals surface area contributed by atoms with E-state index in [4.69, 9.17) is 15.0 Å². The van der Waals surface area contributed by atoms with Gasteiger partial charge in [-0.2, -0.15) is 0 Å². The Kier molecular flexibility index (Phi) is 9.37. The van der Waals surface area contributed by atoms with Crippen LogP contribution in [0.2, 0.25) is 0 Å². The molecular formula is C63H40N4S. The Hall–Kier alpha value is -8.64. The third kappa shape index (κ3) is 6.28. The molecule has 0 amide bonds. The highest BCUT2D eigenvalue weighted by Gasteiger charge is 2.26. The Morgan fingerprint density at radius 3 is 1.47 bits per heavy atom. The van der Waals surface area contributed by atoms with Crippen molar-refractivity contribution < 1.29 is 0 Å². The fourth-order valence-electron chi connectivity index (χ4n) is 10.6. The van der Waals surface area contributed by atoms with Crippen LogP contribution in [-0.4, -0.2) is 30.4 Å². The monoisotopic (exact) mass is 884 g/mol. The van der Waals surface area contributed by atoms with Crippen LogP contribution in [0.1, 0.15) is 11.1 Å². The van der Waals surface area contributed by atoms with Gasteiger partial charge in [0.25, 0.3) is 0 Å². The molecule has 0 saturated carbocycles. The van der Waals surface area contributed by atoms with Crippen molar-refractivity contribution in [2.75, 3.05) is 7.05 Å². The number of benzene rings is 9. The normalized spacial score (nSPS) is 12.4. The maximum absolute atomic E-state index is 5.22. The molecule has 0 radical (unpaired) electrons. The topological polar surface area (TPSA) is 50.0 Å². The minimum Gasteiger partial charge on any atom is -0.270 e. The number of hydrogen-bond acceptors (Lipinski definition) is 3. The van der Waals surface area contributed by atoms with Crippen LogP contribution < -0.4 is 0 Å². The minimum absolute atomic E-state index is 0.493. The molecule has 13 rings (SSSR count). The second kappa shape index (κ2) is 16.1. The van der Waals surface area contributed by atoms with E-state index in [-0.39, 0.29) is 0 Å². The van der Waals surface area contributed by atoms with Crippen LogP contribution >= 0.6 is 11.3 Å². The van der Waals surface area contributed by atoms with Gasteiger partial charge >= 0.3 is 0 Å². The van der Waals surface area contributed by atoms with E-state index in [1.807, 2.05) is 23.6 Å². The number of hydrogen-bond donors (Lipinski definition) is 0. The maximum Gasteiger partial charge on any atom is 0.161 e. The second-order valence-electron chi connectivity index (χ2n) is 17.3. The summed E-state index contributed by atoms with van der Waals surface area (Å²) in [6, 6.07) is 74.5. The predicted molar refractivity (Wildman–Crippen MR) is 288 cm³/mol. The van der Waals surface area contributed by atoms with Gasteiger partial charge in [-0.25, -0.2) is 9.98 Å². The van der Waals surface area contributed by atoms with Crippen LogP contribution in [0.5, 0.6) is 0 Å². The van der Waals surface area contributed by atoms with Gasteiger partial charge in [0, 0.05) is 55.7 Å². The summed E-state index contributed by atoms with van der Waals surface area (Å²) in [5.74, 6) is 1.06. The van der Waals surface area contributed by atoms with Gasteiger partial charge in [-0.05, 0) is 121 Å². The van der Waals surface area contributed by atoms with Gasteiger partial charge in [0.1, 0.15) is 0 Å². The van der Waals surface area contributed by atoms with Crippen molar-refractivity contribution in [2.24, 2.45) is 15.0 Å². The molecule has 2 aliphatic carbocycles. The highest BCUT2D eigenvalue weighted by atomic mass is 32.1. The van der Waals surface area contributed by atoms with Crippen molar-refractivity contribution in [3.63, 3.8) is 0 Å². The average Bonchev–Trinajstić information content (AvgIpc) is 3.79. The number of nitrogens with zero attached hydrogens (tertiary/aromatic N) is 4. The Morgan fingerprint density at radius 2 is 0.853 bits per heavy atom. The van der Waals surface area contributed by atoms with E-state index in [0.29, 0.717) is 11.7 Å². The van der Waals surface area contributed by atoms with E-state index < -0.39 is 0 Å². The molecule has 0 aliphatic heterocycles. The number of aromatic nitrogens is 1. The fourth-order valence-corrected chi connectivity index (χ4v) is 11.8. The zero-order valence-electron chi connectivity index (χ0n) is 37.1. The van der Waals surface area contributed by atoms with Crippen LogP contribution in [-0.2, 0) is 0 Å². The summed E-state index contributed by atoms with van der Waals surface area (Å²) in [6.07, 6.45) is 1.88. The molecule has 0 atom stereocenters. The number of pyridine rings is 1. The van der Waals surface area contributed by atoms with Gasteiger partial charge in [0.2, 0.25) is 0 Å². The van der Waals surface area contributed by atoms with E-state index in [2.05, 4.69) is 212 Å². The first-order valence-electron chi connectivity index (χ1n) is 22.8. The molecule has 2 aliphatic rings. The summed E-state index contributed by atoms with van der Waals surface area (Å²) >= 11 is 1.87. The molecule has 9 aromatic carbocycles. The van der Waals surface area contributed by atoms with Gasteiger partial charge in [-0.15, -0.1) is 11.3 Å². The van der Waals surface area contributed by atoms with E-state index in [9.17, 15) is 0 Å². The summed E-state index contributed by atoms with van der Waals surface area (Å²) in [4.78, 5) is 19.6. The Labute approximate surface area is 398 Å². The quantitative estimate of drug-likeness (QED) is 0.129. The molecule has 4 nitrogen and oxygen atoms in total. The maximum atomic E-state index is 5.22.